The average molecular weight is 373 g/mol. The van der Waals surface area contributed by atoms with Crippen LogP contribution in [0.3, 0.4) is 0 Å². The summed E-state index contributed by atoms with van der Waals surface area (Å²) in [5.74, 6) is 4.90. The van der Waals surface area contributed by atoms with Gasteiger partial charge in [0.25, 0.3) is 0 Å². The summed E-state index contributed by atoms with van der Waals surface area (Å²) < 4.78 is 5.61. The minimum absolute atomic E-state index is 0.0981. The predicted molar refractivity (Wildman–Crippen MR) is 110 cm³/mol. The molecule has 0 bridgehead atoms. The van der Waals surface area contributed by atoms with Crippen LogP contribution in [0.15, 0.2) is 12.7 Å². The molecule has 0 heterocycles. The lowest BCUT2D eigenvalue weighted by molar-refractivity contribution is -0.160. The van der Waals surface area contributed by atoms with Crippen molar-refractivity contribution in [3.8, 4) is 0 Å². The summed E-state index contributed by atoms with van der Waals surface area (Å²) in [6, 6.07) is 0. The Hall–Kier alpha value is -0.790. The Morgan fingerprint density at radius 3 is 2.44 bits per heavy atom. The second kappa shape index (κ2) is 6.92. The van der Waals surface area contributed by atoms with Crippen molar-refractivity contribution in [1.82, 2.24) is 0 Å². The molecule has 0 radical (unpaired) electrons. The van der Waals surface area contributed by atoms with E-state index in [0.717, 1.165) is 42.4 Å². The molecule has 4 saturated carbocycles. The molecule has 2 nitrogen and oxygen atoms in total. The van der Waals surface area contributed by atoms with E-state index in [1.165, 1.54) is 44.9 Å². The van der Waals surface area contributed by atoms with Gasteiger partial charge in [0, 0.05) is 6.92 Å². The van der Waals surface area contributed by atoms with Gasteiger partial charge in [-0.15, -0.1) is 6.58 Å². The number of allylic oxidation sites excluding steroid dienone is 1. The Balaban J connectivity index is 1.53. The largest absolute Gasteiger partial charge is 0.463 e. The fourth-order valence-electron chi connectivity index (χ4n) is 8.63. The minimum Gasteiger partial charge on any atom is -0.463 e. The van der Waals surface area contributed by atoms with Gasteiger partial charge in [-0.2, -0.15) is 0 Å². The van der Waals surface area contributed by atoms with Crippen LogP contribution < -0.4 is 0 Å². The lowest BCUT2D eigenvalue weighted by atomic mass is 9.44. The molecular weight excluding hydrogens is 332 g/mol. The highest BCUT2D eigenvalue weighted by Crippen LogP contribution is 2.68. The highest BCUT2D eigenvalue weighted by molar-refractivity contribution is 5.66. The Bertz CT molecular complexity index is 597. The average Bonchev–Trinajstić information content (AvgIpc) is 2.98. The molecule has 9 atom stereocenters. The molecule has 0 aromatic carbocycles. The van der Waals surface area contributed by atoms with E-state index in [-0.39, 0.29) is 12.1 Å². The van der Waals surface area contributed by atoms with Gasteiger partial charge in [-0.25, -0.2) is 0 Å². The molecule has 27 heavy (non-hydrogen) atoms. The molecule has 4 aliphatic carbocycles. The predicted octanol–water partition coefficient (Wildman–Crippen LogP) is 6.40. The van der Waals surface area contributed by atoms with Gasteiger partial charge in [-0.05, 0) is 104 Å². The van der Waals surface area contributed by atoms with Crippen molar-refractivity contribution >= 4 is 5.97 Å². The Kier molecular flexibility index (Phi) is 5.00. The lowest BCUT2D eigenvalue weighted by Gasteiger charge is -2.61. The molecule has 4 fully saturated rings. The Morgan fingerprint density at radius 1 is 1.04 bits per heavy atom. The van der Waals surface area contributed by atoms with Gasteiger partial charge < -0.3 is 4.74 Å². The van der Waals surface area contributed by atoms with Gasteiger partial charge >= 0.3 is 5.97 Å². The minimum atomic E-state index is -0.0981. The van der Waals surface area contributed by atoms with Crippen LogP contribution in [0.5, 0.6) is 0 Å². The third-order valence-corrected chi connectivity index (χ3v) is 10.0. The molecule has 0 saturated heterocycles. The highest BCUT2D eigenvalue weighted by atomic mass is 16.5. The Morgan fingerprint density at radius 2 is 1.74 bits per heavy atom. The number of ether oxygens (including phenoxy) is 1. The van der Waals surface area contributed by atoms with E-state index in [2.05, 4.69) is 33.4 Å². The standard InChI is InChI=1S/C25H40O2/c1-6-16(2)21-9-10-22-20-8-7-18-15-19(27-17(3)26)11-13-24(18,4)23(20)12-14-25(21,22)5/h6,16,18-23H,1,7-15H2,2-5H3/t16-,18-,19-,20+,21-,22+,23+,24+,25-/m1/s1. The second-order valence-electron chi connectivity index (χ2n) is 11.0. The number of rotatable bonds is 3. The van der Waals surface area contributed by atoms with Crippen LogP contribution >= 0.6 is 0 Å². The first kappa shape index (κ1) is 19.5. The SMILES string of the molecule is C=C[C@@H](C)[C@H]1CC[C@H]2[C@@H]3CC[C@@H]4C[C@H](OC(C)=O)CC[C@]4(C)[C@H]3CC[C@]12C. The molecule has 0 aromatic heterocycles. The molecule has 152 valence electrons. The number of fused-ring (bicyclic) bond motifs is 5. The number of hydrogen-bond acceptors (Lipinski definition) is 2. The summed E-state index contributed by atoms with van der Waals surface area (Å²) in [7, 11) is 0. The fourth-order valence-corrected chi connectivity index (χ4v) is 8.63. The van der Waals surface area contributed by atoms with Crippen molar-refractivity contribution in [2.45, 2.75) is 91.6 Å². The quantitative estimate of drug-likeness (QED) is 0.423. The van der Waals surface area contributed by atoms with Crippen LogP contribution in [-0.2, 0) is 9.53 Å². The third kappa shape index (κ3) is 3.01. The van der Waals surface area contributed by atoms with E-state index in [1.54, 1.807) is 6.92 Å². The summed E-state index contributed by atoms with van der Waals surface area (Å²) >= 11 is 0. The molecule has 0 spiro atoms. The third-order valence-electron chi connectivity index (χ3n) is 10.0. The summed E-state index contributed by atoms with van der Waals surface area (Å²) in [4.78, 5) is 11.4. The molecule has 0 aliphatic heterocycles. The number of carbonyl (C=O) groups excluding carboxylic acids is 1. The van der Waals surface area contributed by atoms with E-state index in [9.17, 15) is 4.79 Å². The molecule has 4 aliphatic rings. The lowest BCUT2D eigenvalue weighted by Crippen LogP contribution is -2.54. The van der Waals surface area contributed by atoms with Crippen LogP contribution in [0.25, 0.3) is 0 Å². The molecule has 0 N–H and O–H groups in total. The summed E-state index contributed by atoms with van der Waals surface area (Å²) in [5.41, 5.74) is 1.01. The van der Waals surface area contributed by atoms with Gasteiger partial charge in [0.1, 0.15) is 6.10 Å². The van der Waals surface area contributed by atoms with Gasteiger partial charge in [0.05, 0.1) is 0 Å². The first-order valence-electron chi connectivity index (χ1n) is 11.6. The van der Waals surface area contributed by atoms with Gasteiger partial charge in [-0.3, -0.25) is 4.79 Å². The first-order valence-corrected chi connectivity index (χ1v) is 11.6. The first-order chi connectivity index (χ1) is 12.8. The van der Waals surface area contributed by atoms with Crippen molar-refractivity contribution in [1.29, 1.82) is 0 Å². The van der Waals surface area contributed by atoms with E-state index < -0.39 is 0 Å². The van der Waals surface area contributed by atoms with Crippen molar-refractivity contribution in [3.05, 3.63) is 12.7 Å². The normalized spacial score (nSPS) is 50.1. The van der Waals surface area contributed by atoms with Crippen LogP contribution in [0.4, 0.5) is 0 Å². The summed E-state index contributed by atoms with van der Waals surface area (Å²) in [6.07, 6.45) is 14.3. The highest BCUT2D eigenvalue weighted by Gasteiger charge is 2.60. The van der Waals surface area contributed by atoms with Gasteiger partial charge in [-0.1, -0.05) is 26.8 Å². The van der Waals surface area contributed by atoms with E-state index in [4.69, 9.17) is 4.74 Å². The monoisotopic (exact) mass is 372 g/mol. The van der Waals surface area contributed by atoms with E-state index >= 15 is 0 Å². The molecule has 0 aromatic rings. The molecule has 2 heteroatoms. The van der Waals surface area contributed by atoms with Crippen molar-refractivity contribution in [2.24, 2.45) is 46.3 Å². The molecular formula is C25H40O2. The number of carbonyl (C=O) groups is 1. The van der Waals surface area contributed by atoms with Gasteiger partial charge in [0.15, 0.2) is 0 Å². The van der Waals surface area contributed by atoms with Crippen LogP contribution in [0.2, 0.25) is 0 Å². The maximum absolute atomic E-state index is 11.4. The summed E-state index contributed by atoms with van der Waals surface area (Å²) in [6.45, 7) is 13.3. The second-order valence-corrected chi connectivity index (χ2v) is 11.0. The maximum Gasteiger partial charge on any atom is 0.302 e. The van der Waals surface area contributed by atoms with E-state index in [1.807, 2.05) is 0 Å². The van der Waals surface area contributed by atoms with Crippen molar-refractivity contribution in [3.63, 3.8) is 0 Å². The smallest absolute Gasteiger partial charge is 0.302 e. The van der Waals surface area contributed by atoms with E-state index in [0.29, 0.717) is 16.7 Å². The summed E-state index contributed by atoms with van der Waals surface area (Å²) in [5, 5.41) is 0. The molecule has 0 amide bonds. The zero-order valence-corrected chi connectivity index (χ0v) is 18.0. The van der Waals surface area contributed by atoms with Gasteiger partial charge in [0.2, 0.25) is 0 Å². The maximum atomic E-state index is 11.4. The molecule has 0 unspecified atom stereocenters. The van der Waals surface area contributed by atoms with Crippen LogP contribution in [0, 0.1) is 46.3 Å². The van der Waals surface area contributed by atoms with Crippen LogP contribution in [0.1, 0.15) is 85.5 Å². The Labute approximate surface area is 166 Å². The zero-order chi connectivity index (χ0) is 19.4. The van der Waals surface area contributed by atoms with Crippen molar-refractivity contribution in [2.75, 3.05) is 0 Å². The van der Waals surface area contributed by atoms with Crippen molar-refractivity contribution < 1.29 is 9.53 Å². The molecule has 4 rings (SSSR count). The van der Waals surface area contributed by atoms with Crippen LogP contribution in [-0.4, -0.2) is 12.1 Å². The fraction of sp³-hybridized carbons (Fsp3) is 0.880. The topological polar surface area (TPSA) is 26.3 Å². The number of esters is 1. The number of hydrogen-bond donors (Lipinski definition) is 0. The zero-order valence-electron chi connectivity index (χ0n) is 18.0.